The standard InChI is InChI=1S/C14H10BrNO5S/c15-10-4-3-8(14-13(10)20-6-22(14,18)19)12-9(5-16-21-12)11(17)7-1-2-7/h3-5,7H,1-2,6H2. The summed E-state index contributed by atoms with van der Waals surface area (Å²) in [5.74, 6) is -0.0370. The number of sulfone groups is 1. The van der Waals surface area contributed by atoms with Gasteiger partial charge in [-0.15, -0.1) is 0 Å². The number of hydrogen-bond acceptors (Lipinski definition) is 6. The molecule has 0 bridgehead atoms. The first-order valence-corrected chi connectivity index (χ1v) is 9.11. The normalized spacial score (nSPS) is 18.8. The summed E-state index contributed by atoms with van der Waals surface area (Å²) in [6, 6.07) is 3.27. The van der Waals surface area contributed by atoms with Gasteiger partial charge in [0.15, 0.2) is 23.2 Å². The molecule has 1 aliphatic carbocycles. The van der Waals surface area contributed by atoms with E-state index in [-0.39, 0.29) is 28.1 Å². The molecule has 2 aromatic rings. The van der Waals surface area contributed by atoms with E-state index in [9.17, 15) is 13.2 Å². The van der Waals surface area contributed by atoms with Crippen molar-refractivity contribution >= 4 is 31.6 Å². The predicted molar refractivity (Wildman–Crippen MR) is 79.4 cm³/mol. The van der Waals surface area contributed by atoms with Crippen LogP contribution in [0.4, 0.5) is 0 Å². The van der Waals surface area contributed by atoms with Gasteiger partial charge in [-0.3, -0.25) is 4.79 Å². The fourth-order valence-electron chi connectivity index (χ4n) is 2.53. The van der Waals surface area contributed by atoms with Crippen molar-refractivity contribution in [3.05, 3.63) is 28.4 Å². The van der Waals surface area contributed by atoms with Crippen molar-refractivity contribution < 1.29 is 22.5 Å². The van der Waals surface area contributed by atoms with Crippen molar-refractivity contribution in [1.29, 1.82) is 0 Å². The number of halogens is 1. The molecule has 1 aromatic heterocycles. The number of carbonyl (C=O) groups is 1. The van der Waals surface area contributed by atoms with Crippen molar-refractivity contribution in [2.24, 2.45) is 5.92 Å². The zero-order valence-electron chi connectivity index (χ0n) is 11.2. The monoisotopic (exact) mass is 383 g/mol. The van der Waals surface area contributed by atoms with Crippen LogP contribution in [0.5, 0.6) is 5.75 Å². The van der Waals surface area contributed by atoms with E-state index in [0.29, 0.717) is 15.6 Å². The van der Waals surface area contributed by atoms with E-state index in [1.807, 2.05) is 0 Å². The molecule has 2 heterocycles. The highest BCUT2D eigenvalue weighted by Crippen LogP contribution is 2.45. The maximum atomic E-state index is 12.3. The molecule has 0 spiro atoms. The van der Waals surface area contributed by atoms with E-state index >= 15 is 0 Å². The van der Waals surface area contributed by atoms with Crippen LogP contribution >= 0.6 is 15.9 Å². The molecular weight excluding hydrogens is 374 g/mol. The van der Waals surface area contributed by atoms with Gasteiger partial charge in [-0.1, -0.05) is 5.16 Å². The van der Waals surface area contributed by atoms with Crippen molar-refractivity contribution in [2.45, 2.75) is 17.7 Å². The SMILES string of the molecule is O=C(c1cnoc1-c1ccc(Br)c2c1S(=O)(=O)CO2)C1CC1. The minimum atomic E-state index is -3.58. The Morgan fingerprint density at radius 1 is 1.32 bits per heavy atom. The van der Waals surface area contributed by atoms with Gasteiger partial charge in [-0.05, 0) is 40.9 Å². The number of Topliss-reactive ketones (excluding diaryl/α,β-unsaturated/α-hetero) is 1. The zero-order valence-corrected chi connectivity index (χ0v) is 13.6. The zero-order chi connectivity index (χ0) is 15.5. The van der Waals surface area contributed by atoms with Crippen LogP contribution < -0.4 is 4.74 Å². The summed E-state index contributed by atoms with van der Waals surface area (Å²) in [5.41, 5.74) is 0.645. The Hall–Kier alpha value is -1.67. The molecule has 0 atom stereocenters. The molecule has 22 heavy (non-hydrogen) atoms. The van der Waals surface area contributed by atoms with Gasteiger partial charge in [-0.25, -0.2) is 8.42 Å². The molecule has 0 radical (unpaired) electrons. The molecular formula is C14H10BrNO5S. The van der Waals surface area contributed by atoms with Gasteiger partial charge in [0.1, 0.15) is 4.90 Å². The molecule has 0 amide bonds. The lowest BCUT2D eigenvalue weighted by Gasteiger charge is -2.06. The van der Waals surface area contributed by atoms with E-state index in [4.69, 9.17) is 9.26 Å². The van der Waals surface area contributed by atoms with Gasteiger partial charge in [0.2, 0.25) is 9.84 Å². The van der Waals surface area contributed by atoms with Gasteiger partial charge in [0.05, 0.1) is 16.2 Å². The maximum absolute atomic E-state index is 12.3. The van der Waals surface area contributed by atoms with Gasteiger partial charge < -0.3 is 9.26 Å². The van der Waals surface area contributed by atoms with E-state index in [1.54, 1.807) is 12.1 Å². The van der Waals surface area contributed by atoms with Gasteiger partial charge in [-0.2, -0.15) is 0 Å². The number of rotatable bonds is 3. The largest absolute Gasteiger partial charge is 0.475 e. The van der Waals surface area contributed by atoms with E-state index in [0.717, 1.165) is 12.8 Å². The van der Waals surface area contributed by atoms with Gasteiger partial charge in [0.25, 0.3) is 0 Å². The van der Waals surface area contributed by atoms with E-state index in [1.165, 1.54) is 6.20 Å². The van der Waals surface area contributed by atoms with E-state index < -0.39 is 15.8 Å². The summed E-state index contributed by atoms with van der Waals surface area (Å²) in [4.78, 5) is 12.3. The molecule has 114 valence electrons. The summed E-state index contributed by atoms with van der Waals surface area (Å²) in [6.45, 7) is 0. The van der Waals surface area contributed by atoms with Crippen molar-refractivity contribution in [3.8, 4) is 17.1 Å². The van der Waals surface area contributed by atoms with Crippen molar-refractivity contribution in [2.75, 3.05) is 5.94 Å². The Bertz CT molecular complexity index is 898. The second kappa shape index (κ2) is 4.66. The summed E-state index contributed by atoms with van der Waals surface area (Å²) in [5, 5.41) is 3.68. The number of ether oxygens (including phenoxy) is 1. The molecule has 2 aliphatic rings. The number of fused-ring (bicyclic) bond motifs is 1. The minimum absolute atomic E-state index is 0.00509. The smallest absolute Gasteiger partial charge is 0.217 e. The van der Waals surface area contributed by atoms with Gasteiger partial charge in [0, 0.05) is 11.5 Å². The average Bonchev–Trinajstić information content (AvgIpc) is 3.13. The first-order chi connectivity index (χ1) is 10.5. The lowest BCUT2D eigenvalue weighted by molar-refractivity contribution is 0.0968. The fraction of sp³-hybridized carbons (Fsp3) is 0.286. The third-order valence-electron chi connectivity index (χ3n) is 3.76. The van der Waals surface area contributed by atoms with Crippen LogP contribution in [0.2, 0.25) is 0 Å². The molecule has 0 N–H and O–H groups in total. The van der Waals surface area contributed by atoms with Crippen LogP contribution in [0.3, 0.4) is 0 Å². The van der Waals surface area contributed by atoms with Crippen LogP contribution in [0, 0.1) is 5.92 Å². The van der Waals surface area contributed by atoms with Crippen LogP contribution in [0.1, 0.15) is 23.2 Å². The molecule has 0 unspecified atom stereocenters. The molecule has 8 heteroatoms. The van der Waals surface area contributed by atoms with E-state index in [2.05, 4.69) is 21.1 Å². The Balaban J connectivity index is 1.94. The van der Waals surface area contributed by atoms with Crippen LogP contribution in [0.25, 0.3) is 11.3 Å². The average molecular weight is 384 g/mol. The highest BCUT2D eigenvalue weighted by molar-refractivity contribution is 9.10. The number of aromatic nitrogens is 1. The number of carbonyl (C=O) groups excluding carboxylic acids is 1. The molecule has 1 aliphatic heterocycles. The lowest BCUT2D eigenvalue weighted by Crippen LogP contribution is -2.05. The predicted octanol–water partition coefficient (Wildman–Crippen LogP) is 2.82. The Morgan fingerprint density at radius 2 is 2.09 bits per heavy atom. The summed E-state index contributed by atoms with van der Waals surface area (Å²) in [6.07, 6.45) is 3.06. The first-order valence-electron chi connectivity index (χ1n) is 6.66. The third-order valence-corrected chi connectivity index (χ3v) is 5.84. The Morgan fingerprint density at radius 3 is 2.82 bits per heavy atom. The number of ketones is 1. The van der Waals surface area contributed by atoms with Crippen LogP contribution in [-0.2, 0) is 9.84 Å². The highest BCUT2D eigenvalue weighted by atomic mass is 79.9. The molecule has 6 nitrogen and oxygen atoms in total. The third kappa shape index (κ3) is 2.01. The first kappa shape index (κ1) is 14.0. The van der Waals surface area contributed by atoms with Gasteiger partial charge >= 0.3 is 0 Å². The van der Waals surface area contributed by atoms with Crippen LogP contribution in [0.15, 0.2) is 32.2 Å². The second-order valence-corrected chi connectivity index (χ2v) is 8.07. The van der Waals surface area contributed by atoms with Crippen molar-refractivity contribution in [1.82, 2.24) is 5.16 Å². The highest BCUT2D eigenvalue weighted by Gasteiger charge is 2.38. The fourth-order valence-corrected chi connectivity index (χ4v) is 4.45. The Kier molecular flexibility index (Phi) is 2.96. The molecule has 1 saturated carbocycles. The summed E-state index contributed by atoms with van der Waals surface area (Å²) >= 11 is 3.27. The Labute approximate surface area is 134 Å². The summed E-state index contributed by atoms with van der Waals surface area (Å²) in [7, 11) is -3.58. The second-order valence-electron chi connectivity index (χ2n) is 5.34. The van der Waals surface area contributed by atoms with Crippen LogP contribution in [-0.4, -0.2) is 25.3 Å². The molecule has 4 rings (SSSR count). The lowest BCUT2D eigenvalue weighted by atomic mass is 10.0. The topological polar surface area (TPSA) is 86.5 Å². The van der Waals surface area contributed by atoms with Crippen molar-refractivity contribution in [3.63, 3.8) is 0 Å². The summed E-state index contributed by atoms with van der Waals surface area (Å²) < 4.78 is 35.5. The molecule has 0 saturated heterocycles. The molecule has 1 aromatic carbocycles. The maximum Gasteiger partial charge on any atom is 0.217 e. The molecule has 1 fully saturated rings. The number of hydrogen-bond donors (Lipinski definition) is 0. The minimum Gasteiger partial charge on any atom is -0.475 e. The quantitative estimate of drug-likeness (QED) is 0.757. The number of benzene rings is 1. The number of nitrogens with zero attached hydrogens (tertiary/aromatic N) is 1.